The third-order valence-electron chi connectivity index (χ3n) is 4.59. The van der Waals surface area contributed by atoms with Gasteiger partial charge in [-0.15, -0.1) is 0 Å². The molecule has 1 fully saturated rings. The Bertz CT molecular complexity index is 815. The molecular weight excluding hydrogens is 319 g/mol. The molecule has 1 aliphatic rings. The van der Waals surface area contributed by atoms with E-state index >= 15 is 0 Å². The van der Waals surface area contributed by atoms with E-state index in [4.69, 9.17) is 0 Å². The van der Waals surface area contributed by atoms with E-state index in [0.717, 1.165) is 11.3 Å². The van der Waals surface area contributed by atoms with Gasteiger partial charge in [0.1, 0.15) is 11.2 Å². The van der Waals surface area contributed by atoms with Crippen LogP contribution >= 0.6 is 0 Å². The topological polar surface area (TPSA) is 49.4 Å². The summed E-state index contributed by atoms with van der Waals surface area (Å²) in [5, 5.41) is 2.57. The van der Waals surface area contributed by atoms with Crippen LogP contribution in [0.3, 0.4) is 0 Å². The lowest BCUT2D eigenvalue weighted by atomic mass is 10.0. The number of hydrogen-bond acceptors (Lipinski definition) is 2. The van der Waals surface area contributed by atoms with Gasteiger partial charge in [-0.2, -0.15) is 0 Å². The van der Waals surface area contributed by atoms with Crippen molar-refractivity contribution in [2.45, 2.75) is 26.7 Å². The number of anilines is 2. The summed E-state index contributed by atoms with van der Waals surface area (Å²) in [6, 6.07) is 13.6. The molecule has 25 heavy (non-hydrogen) atoms. The number of hydrogen-bond donors (Lipinski definition) is 1. The standard InChI is InChI=1S/C20H21FN2O2/c1-3-23(15-8-6-7-14(2)13-15)19(25)20(11-12-20)18(24)22-17-10-5-4-9-16(17)21/h4-10,13H,3,11-12H2,1-2H3,(H,22,24). The summed E-state index contributed by atoms with van der Waals surface area (Å²) in [6.07, 6.45) is 0.961. The molecular formula is C20H21FN2O2. The number of halogens is 1. The molecule has 2 aromatic carbocycles. The Labute approximate surface area is 146 Å². The maximum Gasteiger partial charge on any atom is 0.242 e. The zero-order valence-electron chi connectivity index (χ0n) is 14.4. The van der Waals surface area contributed by atoms with Gasteiger partial charge in [-0.25, -0.2) is 4.39 Å². The molecule has 2 aromatic rings. The van der Waals surface area contributed by atoms with Crippen molar-refractivity contribution in [2.75, 3.05) is 16.8 Å². The molecule has 0 bridgehead atoms. The average Bonchev–Trinajstić information content (AvgIpc) is 3.39. The highest BCUT2D eigenvalue weighted by molar-refractivity contribution is 6.17. The summed E-state index contributed by atoms with van der Waals surface area (Å²) < 4.78 is 13.8. The summed E-state index contributed by atoms with van der Waals surface area (Å²) >= 11 is 0. The minimum absolute atomic E-state index is 0.102. The van der Waals surface area contributed by atoms with Gasteiger partial charge in [0.15, 0.2) is 0 Å². The normalized spacial score (nSPS) is 14.7. The van der Waals surface area contributed by atoms with Gasteiger partial charge in [-0.05, 0) is 56.5 Å². The van der Waals surface area contributed by atoms with E-state index in [1.54, 1.807) is 17.0 Å². The van der Waals surface area contributed by atoms with Crippen molar-refractivity contribution in [2.24, 2.45) is 5.41 Å². The number of para-hydroxylation sites is 1. The predicted molar refractivity (Wildman–Crippen MR) is 95.9 cm³/mol. The van der Waals surface area contributed by atoms with E-state index in [-0.39, 0.29) is 11.6 Å². The molecule has 3 rings (SSSR count). The SMILES string of the molecule is CCN(C(=O)C1(C(=O)Nc2ccccc2F)CC1)c1cccc(C)c1. The minimum atomic E-state index is -1.10. The van der Waals surface area contributed by atoms with Gasteiger partial charge >= 0.3 is 0 Å². The highest BCUT2D eigenvalue weighted by Crippen LogP contribution is 2.48. The van der Waals surface area contributed by atoms with Crippen LogP contribution in [0.1, 0.15) is 25.3 Å². The number of aryl methyl sites for hydroxylation is 1. The monoisotopic (exact) mass is 340 g/mol. The highest BCUT2D eigenvalue weighted by atomic mass is 19.1. The third kappa shape index (κ3) is 3.27. The number of nitrogens with zero attached hydrogens (tertiary/aromatic N) is 1. The van der Waals surface area contributed by atoms with Crippen LogP contribution in [0.15, 0.2) is 48.5 Å². The van der Waals surface area contributed by atoms with E-state index in [9.17, 15) is 14.0 Å². The number of amides is 2. The number of carbonyl (C=O) groups excluding carboxylic acids is 2. The molecule has 0 heterocycles. The van der Waals surface area contributed by atoms with Crippen molar-refractivity contribution in [1.82, 2.24) is 0 Å². The zero-order chi connectivity index (χ0) is 18.0. The molecule has 1 N–H and O–H groups in total. The number of rotatable bonds is 5. The lowest BCUT2D eigenvalue weighted by molar-refractivity contribution is -0.132. The maximum absolute atomic E-state index is 13.8. The van der Waals surface area contributed by atoms with Crippen LogP contribution in [0.4, 0.5) is 15.8 Å². The first kappa shape index (κ1) is 17.1. The summed E-state index contributed by atoms with van der Waals surface area (Å²) in [4.78, 5) is 27.4. The second kappa shape index (κ2) is 6.67. The van der Waals surface area contributed by atoms with Crippen LogP contribution in [-0.4, -0.2) is 18.4 Å². The molecule has 0 saturated heterocycles. The average molecular weight is 340 g/mol. The Hall–Kier alpha value is -2.69. The molecule has 0 unspecified atom stereocenters. The second-order valence-electron chi connectivity index (χ2n) is 6.40. The fourth-order valence-electron chi connectivity index (χ4n) is 2.97. The summed E-state index contributed by atoms with van der Waals surface area (Å²) in [7, 11) is 0. The van der Waals surface area contributed by atoms with Gasteiger partial charge in [0, 0.05) is 12.2 Å². The lowest BCUT2D eigenvalue weighted by Crippen LogP contribution is -2.43. The number of nitrogens with one attached hydrogen (secondary N) is 1. The van der Waals surface area contributed by atoms with E-state index in [1.807, 2.05) is 38.1 Å². The molecule has 1 aliphatic carbocycles. The largest absolute Gasteiger partial charge is 0.323 e. The Morgan fingerprint density at radius 1 is 1.16 bits per heavy atom. The zero-order valence-corrected chi connectivity index (χ0v) is 14.4. The van der Waals surface area contributed by atoms with Crippen LogP contribution in [0.25, 0.3) is 0 Å². The van der Waals surface area contributed by atoms with Crippen LogP contribution in [-0.2, 0) is 9.59 Å². The van der Waals surface area contributed by atoms with E-state index < -0.39 is 17.1 Å². The molecule has 0 spiro atoms. The minimum Gasteiger partial charge on any atom is -0.323 e. The molecule has 0 radical (unpaired) electrons. The molecule has 5 heteroatoms. The molecule has 0 aliphatic heterocycles. The van der Waals surface area contributed by atoms with Gasteiger partial charge < -0.3 is 10.2 Å². The van der Waals surface area contributed by atoms with Crippen molar-refractivity contribution in [3.05, 3.63) is 59.9 Å². The van der Waals surface area contributed by atoms with E-state index in [0.29, 0.717) is 19.4 Å². The van der Waals surface area contributed by atoms with Crippen LogP contribution < -0.4 is 10.2 Å². The predicted octanol–water partition coefficient (Wildman–Crippen LogP) is 3.91. The van der Waals surface area contributed by atoms with Crippen LogP contribution in [0, 0.1) is 18.2 Å². The van der Waals surface area contributed by atoms with Crippen LogP contribution in [0.5, 0.6) is 0 Å². The molecule has 2 amide bonds. The smallest absolute Gasteiger partial charge is 0.242 e. The number of carbonyl (C=O) groups is 2. The first-order valence-electron chi connectivity index (χ1n) is 8.42. The second-order valence-corrected chi connectivity index (χ2v) is 6.40. The molecule has 0 atom stereocenters. The quantitative estimate of drug-likeness (QED) is 0.839. The maximum atomic E-state index is 13.8. The van der Waals surface area contributed by atoms with Crippen molar-refractivity contribution < 1.29 is 14.0 Å². The lowest BCUT2D eigenvalue weighted by Gasteiger charge is -2.26. The van der Waals surface area contributed by atoms with Gasteiger partial charge in [-0.1, -0.05) is 24.3 Å². The van der Waals surface area contributed by atoms with Crippen molar-refractivity contribution in [1.29, 1.82) is 0 Å². The Balaban J connectivity index is 1.82. The summed E-state index contributed by atoms with van der Waals surface area (Å²) in [6.45, 7) is 4.31. The molecule has 130 valence electrons. The van der Waals surface area contributed by atoms with E-state index in [1.165, 1.54) is 12.1 Å². The Kier molecular flexibility index (Phi) is 4.57. The van der Waals surface area contributed by atoms with Gasteiger partial charge in [0.05, 0.1) is 5.69 Å². The first-order valence-corrected chi connectivity index (χ1v) is 8.42. The van der Waals surface area contributed by atoms with E-state index in [2.05, 4.69) is 5.32 Å². The number of benzene rings is 2. The van der Waals surface area contributed by atoms with Crippen molar-refractivity contribution >= 4 is 23.2 Å². The Morgan fingerprint density at radius 2 is 1.88 bits per heavy atom. The van der Waals surface area contributed by atoms with Crippen molar-refractivity contribution in [3.63, 3.8) is 0 Å². The van der Waals surface area contributed by atoms with Crippen molar-refractivity contribution in [3.8, 4) is 0 Å². The summed E-state index contributed by atoms with van der Waals surface area (Å²) in [5.41, 5.74) is 0.828. The fraction of sp³-hybridized carbons (Fsp3) is 0.300. The summed E-state index contributed by atoms with van der Waals surface area (Å²) in [5.74, 6) is -1.17. The third-order valence-corrected chi connectivity index (χ3v) is 4.59. The first-order chi connectivity index (χ1) is 12.0. The van der Waals surface area contributed by atoms with Gasteiger partial charge in [0.25, 0.3) is 0 Å². The van der Waals surface area contributed by atoms with Gasteiger partial charge in [-0.3, -0.25) is 9.59 Å². The van der Waals surface area contributed by atoms with Crippen LogP contribution in [0.2, 0.25) is 0 Å². The molecule has 0 aromatic heterocycles. The Morgan fingerprint density at radius 3 is 2.48 bits per heavy atom. The highest BCUT2D eigenvalue weighted by Gasteiger charge is 2.58. The molecule has 1 saturated carbocycles. The van der Waals surface area contributed by atoms with Gasteiger partial charge in [0.2, 0.25) is 11.8 Å². The fourth-order valence-corrected chi connectivity index (χ4v) is 2.97. The molecule has 4 nitrogen and oxygen atoms in total.